The number of ketones is 1. The van der Waals surface area contributed by atoms with E-state index in [9.17, 15) is 18.0 Å². The maximum absolute atomic E-state index is 11.7. The van der Waals surface area contributed by atoms with Crippen LogP contribution in [-0.2, 0) is 14.8 Å². The second-order valence-corrected chi connectivity index (χ2v) is 6.64. The molecular formula is C10H11NO5S. The summed E-state index contributed by atoms with van der Waals surface area (Å²) in [5.74, 6) is -1.07. The number of sulfonamides is 1. The molecule has 0 aromatic carbocycles. The number of hydrogen-bond acceptors (Lipinski definition) is 5. The van der Waals surface area contributed by atoms with E-state index in [0.717, 1.165) is 0 Å². The lowest BCUT2D eigenvalue weighted by molar-refractivity contribution is -0.131. The fraction of sp³-hybridized carbons (Fsp3) is 0.400. The van der Waals surface area contributed by atoms with Gasteiger partial charge in [0.2, 0.25) is 5.78 Å². The molecule has 1 amide bonds. The van der Waals surface area contributed by atoms with Crippen molar-refractivity contribution in [3.05, 3.63) is 24.2 Å². The first-order chi connectivity index (χ1) is 7.78. The summed E-state index contributed by atoms with van der Waals surface area (Å²) in [4.78, 5) is 23.2. The highest BCUT2D eigenvalue weighted by Gasteiger charge is 2.60. The van der Waals surface area contributed by atoms with Gasteiger partial charge in [0.1, 0.15) is 6.54 Å². The number of carbonyl (C=O) groups excluding carboxylic acids is 2. The van der Waals surface area contributed by atoms with Gasteiger partial charge in [-0.25, -0.2) is 12.7 Å². The van der Waals surface area contributed by atoms with Crippen molar-refractivity contribution < 1.29 is 22.4 Å². The fourth-order valence-corrected chi connectivity index (χ4v) is 3.04. The molecule has 0 radical (unpaired) electrons. The Morgan fingerprint density at radius 3 is 2.59 bits per heavy atom. The Balaban J connectivity index is 2.18. The molecule has 1 fully saturated rings. The zero-order valence-corrected chi connectivity index (χ0v) is 10.2. The van der Waals surface area contributed by atoms with Gasteiger partial charge in [-0.3, -0.25) is 9.59 Å². The first kappa shape index (κ1) is 11.8. The van der Waals surface area contributed by atoms with E-state index < -0.39 is 33.0 Å². The average molecular weight is 257 g/mol. The standard InChI is InChI=1S/C10H11NO5S/c1-10(2)9(13)11(17(10,14)15)6-7(12)8-4-3-5-16-8/h3-5H,6H2,1-2H3. The van der Waals surface area contributed by atoms with Crippen LogP contribution in [0.5, 0.6) is 0 Å². The molecule has 6 nitrogen and oxygen atoms in total. The molecule has 17 heavy (non-hydrogen) atoms. The van der Waals surface area contributed by atoms with Crippen LogP contribution in [0, 0.1) is 0 Å². The molecule has 1 aromatic heterocycles. The molecular weight excluding hydrogens is 246 g/mol. The number of furan rings is 1. The van der Waals surface area contributed by atoms with E-state index in [2.05, 4.69) is 0 Å². The molecule has 2 rings (SSSR count). The van der Waals surface area contributed by atoms with Crippen molar-refractivity contribution in [2.45, 2.75) is 18.6 Å². The highest BCUT2D eigenvalue weighted by atomic mass is 32.2. The molecule has 1 aliphatic rings. The molecule has 0 bridgehead atoms. The highest BCUT2D eigenvalue weighted by molar-refractivity contribution is 7.94. The second kappa shape index (κ2) is 3.43. The lowest BCUT2D eigenvalue weighted by Gasteiger charge is -2.42. The molecule has 0 aliphatic carbocycles. The van der Waals surface area contributed by atoms with Crippen molar-refractivity contribution in [2.75, 3.05) is 6.54 Å². The Labute approximate surface area is 98.3 Å². The van der Waals surface area contributed by atoms with Crippen LogP contribution in [-0.4, -0.2) is 35.7 Å². The van der Waals surface area contributed by atoms with Crippen LogP contribution in [0.4, 0.5) is 0 Å². The fourth-order valence-electron chi connectivity index (χ4n) is 1.56. The van der Waals surface area contributed by atoms with Crippen molar-refractivity contribution >= 4 is 21.7 Å². The van der Waals surface area contributed by atoms with Gasteiger partial charge >= 0.3 is 0 Å². The first-order valence-corrected chi connectivity index (χ1v) is 6.36. The summed E-state index contributed by atoms with van der Waals surface area (Å²) < 4.78 is 27.4. The summed E-state index contributed by atoms with van der Waals surface area (Å²) in [5, 5.41) is 0. The van der Waals surface area contributed by atoms with E-state index in [0.29, 0.717) is 4.31 Å². The van der Waals surface area contributed by atoms with Crippen LogP contribution in [0.3, 0.4) is 0 Å². The molecule has 1 saturated heterocycles. The van der Waals surface area contributed by atoms with Crippen LogP contribution in [0.2, 0.25) is 0 Å². The van der Waals surface area contributed by atoms with E-state index in [1.165, 1.54) is 32.2 Å². The van der Waals surface area contributed by atoms with Gasteiger partial charge in [-0.2, -0.15) is 0 Å². The molecule has 7 heteroatoms. The lowest BCUT2D eigenvalue weighted by Crippen LogP contribution is -2.68. The van der Waals surface area contributed by atoms with Gasteiger partial charge in [-0.05, 0) is 26.0 Å². The van der Waals surface area contributed by atoms with Gasteiger partial charge < -0.3 is 4.42 Å². The SMILES string of the molecule is CC1(C)C(=O)N(CC(=O)c2ccco2)S1(=O)=O. The quantitative estimate of drug-likeness (QED) is 0.732. The van der Waals surface area contributed by atoms with E-state index in [-0.39, 0.29) is 5.76 Å². The number of amides is 1. The lowest BCUT2D eigenvalue weighted by atomic mass is 10.2. The predicted octanol–water partition coefficient (Wildman–Crippen LogP) is 0.413. The third kappa shape index (κ3) is 1.49. The minimum Gasteiger partial charge on any atom is -0.461 e. The normalized spacial score (nSPS) is 21.1. The zero-order valence-electron chi connectivity index (χ0n) is 9.34. The summed E-state index contributed by atoms with van der Waals surface area (Å²) >= 11 is 0. The number of hydrogen-bond donors (Lipinski definition) is 0. The van der Waals surface area contributed by atoms with E-state index in [4.69, 9.17) is 4.42 Å². The summed E-state index contributed by atoms with van der Waals surface area (Å²) in [7, 11) is -3.71. The Morgan fingerprint density at radius 1 is 1.47 bits per heavy atom. The number of rotatable bonds is 3. The van der Waals surface area contributed by atoms with Crippen LogP contribution in [0.25, 0.3) is 0 Å². The van der Waals surface area contributed by atoms with E-state index in [1.54, 1.807) is 0 Å². The van der Waals surface area contributed by atoms with Gasteiger partial charge in [0.05, 0.1) is 6.26 Å². The van der Waals surface area contributed by atoms with Crippen LogP contribution < -0.4 is 0 Å². The van der Waals surface area contributed by atoms with Crippen LogP contribution in [0.1, 0.15) is 24.4 Å². The van der Waals surface area contributed by atoms with Crippen LogP contribution >= 0.6 is 0 Å². The Morgan fingerprint density at radius 2 is 2.12 bits per heavy atom. The van der Waals surface area contributed by atoms with Gasteiger partial charge in [0.25, 0.3) is 15.9 Å². The summed E-state index contributed by atoms with van der Waals surface area (Å²) in [6.45, 7) is 2.13. The van der Waals surface area contributed by atoms with Gasteiger partial charge in [0.15, 0.2) is 10.5 Å². The summed E-state index contributed by atoms with van der Waals surface area (Å²) in [6, 6.07) is 2.94. The third-order valence-corrected chi connectivity index (χ3v) is 5.10. The minimum absolute atomic E-state index is 0.0395. The largest absolute Gasteiger partial charge is 0.461 e. The van der Waals surface area contributed by atoms with Gasteiger partial charge in [-0.1, -0.05) is 0 Å². The highest BCUT2D eigenvalue weighted by Crippen LogP contribution is 2.34. The van der Waals surface area contributed by atoms with Crippen molar-refractivity contribution in [3.63, 3.8) is 0 Å². The van der Waals surface area contributed by atoms with Crippen molar-refractivity contribution in [3.8, 4) is 0 Å². The molecule has 0 saturated carbocycles. The average Bonchev–Trinajstić information content (AvgIpc) is 2.77. The molecule has 1 aromatic rings. The van der Waals surface area contributed by atoms with Crippen molar-refractivity contribution in [1.29, 1.82) is 0 Å². The van der Waals surface area contributed by atoms with Crippen molar-refractivity contribution in [2.24, 2.45) is 0 Å². The third-order valence-electron chi connectivity index (χ3n) is 2.76. The molecule has 1 aliphatic heterocycles. The van der Waals surface area contributed by atoms with Gasteiger partial charge in [-0.15, -0.1) is 0 Å². The summed E-state index contributed by atoms with van der Waals surface area (Å²) in [6.07, 6.45) is 1.31. The van der Waals surface area contributed by atoms with Crippen LogP contribution in [0.15, 0.2) is 22.8 Å². The Kier molecular flexibility index (Phi) is 2.39. The number of carbonyl (C=O) groups is 2. The molecule has 0 unspecified atom stereocenters. The van der Waals surface area contributed by atoms with E-state index in [1.807, 2.05) is 0 Å². The zero-order chi connectivity index (χ0) is 12.8. The first-order valence-electron chi connectivity index (χ1n) is 4.92. The number of Topliss-reactive ketones (excluding diaryl/α,β-unsaturated/α-hetero) is 1. The molecule has 0 atom stereocenters. The smallest absolute Gasteiger partial charge is 0.259 e. The van der Waals surface area contributed by atoms with Gasteiger partial charge in [0, 0.05) is 0 Å². The Hall–Kier alpha value is -1.63. The summed E-state index contributed by atoms with van der Waals surface area (Å²) in [5.41, 5.74) is 0. The molecule has 0 spiro atoms. The molecule has 2 heterocycles. The predicted molar refractivity (Wildman–Crippen MR) is 57.8 cm³/mol. The minimum atomic E-state index is -3.71. The number of nitrogens with zero attached hydrogens (tertiary/aromatic N) is 1. The second-order valence-electron chi connectivity index (χ2n) is 4.23. The molecule has 92 valence electrons. The van der Waals surface area contributed by atoms with E-state index >= 15 is 0 Å². The topological polar surface area (TPSA) is 84.7 Å². The maximum Gasteiger partial charge on any atom is 0.259 e. The van der Waals surface area contributed by atoms with Crippen molar-refractivity contribution in [1.82, 2.24) is 4.31 Å². The monoisotopic (exact) mass is 257 g/mol. The molecule has 0 N–H and O–H groups in total. The Bertz CT molecular complexity index is 570. The maximum atomic E-state index is 11.7.